The van der Waals surface area contributed by atoms with Crippen LogP contribution in [-0.4, -0.2) is 59.4 Å². The lowest BCUT2D eigenvalue weighted by Gasteiger charge is -2.35. The van der Waals surface area contributed by atoms with Crippen LogP contribution in [-0.2, 0) is 9.53 Å². The second kappa shape index (κ2) is 6.35. The summed E-state index contributed by atoms with van der Waals surface area (Å²) < 4.78 is 5.59. The van der Waals surface area contributed by atoms with Crippen molar-refractivity contribution >= 4 is 40.9 Å². The first-order valence-electron chi connectivity index (χ1n) is 7.56. The van der Waals surface area contributed by atoms with Gasteiger partial charge in [-0.2, -0.15) is 0 Å². The molecule has 1 aromatic carbocycles. The number of hydrogen-bond acceptors (Lipinski definition) is 4. The summed E-state index contributed by atoms with van der Waals surface area (Å²) in [6, 6.07) is 2.73. The third kappa shape index (κ3) is 3.01. The Balaban J connectivity index is 1.78. The van der Waals surface area contributed by atoms with Gasteiger partial charge in [-0.15, -0.1) is 0 Å². The van der Waals surface area contributed by atoms with Gasteiger partial charge in [0, 0.05) is 13.1 Å². The van der Waals surface area contributed by atoms with Gasteiger partial charge in [0.15, 0.2) is 0 Å². The molecular formula is C16H16Cl2N2O4. The minimum Gasteiger partial charge on any atom is -0.372 e. The average molecular weight is 371 g/mol. The van der Waals surface area contributed by atoms with Gasteiger partial charge in [-0.25, -0.2) is 0 Å². The highest BCUT2D eigenvalue weighted by Crippen LogP contribution is 2.31. The second-order valence-electron chi connectivity index (χ2n) is 6.06. The molecule has 2 heterocycles. The molecule has 2 aliphatic rings. The molecule has 6 nitrogen and oxygen atoms in total. The molecule has 24 heavy (non-hydrogen) atoms. The van der Waals surface area contributed by atoms with Gasteiger partial charge < -0.3 is 9.64 Å². The summed E-state index contributed by atoms with van der Waals surface area (Å²) in [4.78, 5) is 39.9. The first kappa shape index (κ1) is 17.2. The van der Waals surface area contributed by atoms with E-state index in [4.69, 9.17) is 27.9 Å². The van der Waals surface area contributed by atoms with Crippen LogP contribution in [0.25, 0.3) is 0 Å². The molecule has 8 heteroatoms. The van der Waals surface area contributed by atoms with Gasteiger partial charge in [-0.3, -0.25) is 19.3 Å². The molecule has 0 aliphatic carbocycles. The number of morpholine rings is 1. The monoisotopic (exact) mass is 370 g/mol. The van der Waals surface area contributed by atoms with Crippen molar-refractivity contribution in [2.75, 3.05) is 19.6 Å². The Morgan fingerprint density at radius 3 is 2.00 bits per heavy atom. The van der Waals surface area contributed by atoms with E-state index in [0.29, 0.717) is 13.1 Å². The molecular weight excluding hydrogens is 355 g/mol. The van der Waals surface area contributed by atoms with Gasteiger partial charge in [0.1, 0.15) is 6.54 Å². The largest absolute Gasteiger partial charge is 0.372 e. The van der Waals surface area contributed by atoms with Crippen molar-refractivity contribution in [1.82, 2.24) is 9.80 Å². The minimum absolute atomic E-state index is 0.0857. The summed E-state index contributed by atoms with van der Waals surface area (Å²) in [5, 5.41) is 0.390. The topological polar surface area (TPSA) is 66.9 Å². The molecule has 0 N–H and O–H groups in total. The summed E-state index contributed by atoms with van der Waals surface area (Å²) in [5.74, 6) is -1.35. The van der Waals surface area contributed by atoms with Crippen LogP contribution >= 0.6 is 23.2 Å². The maximum atomic E-state index is 12.5. The summed E-state index contributed by atoms with van der Waals surface area (Å²) in [7, 11) is 0. The number of fused-ring (bicyclic) bond motifs is 1. The molecule has 0 saturated carbocycles. The number of carbonyl (C=O) groups is 3. The van der Waals surface area contributed by atoms with E-state index in [1.165, 1.54) is 12.1 Å². The third-order valence-electron chi connectivity index (χ3n) is 4.08. The molecule has 2 atom stereocenters. The number of benzene rings is 1. The smallest absolute Gasteiger partial charge is 0.262 e. The molecule has 3 amide bonds. The first-order chi connectivity index (χ1) is 11.3. The molecule has 1 fully saturated rings. The molecule has 1 saturated heterocycles. The third-order valence-corrected chi connectivity index (χ3v) is 4.80. The lowest BCUT2D eigenvalue weighted by Crippen LogP contribution is -2.51. The Morgan fingerprint density at radius 1 is 1.08 bits per heavy atom. The summed E-state index contributed by atoms with van der Waals surface area (Å²) >= 11 is 11.8. The van der Waals surface area contributed by atoms with Crippen LogP contribution in [0, 0.1) is 0 Å². The molecule has 0 bridgehead atoms. The molecule has 1 aromatic rings. The van der Waals surface area contributed by atoms with Crippen LogP contribution in [0.5, 0.6) is 0 Å². The predicted molar refractivity (Wildman–Crippen MR) is 88.4 cm³/mol. The Bertz CT molecular complexity index is 686. The quantitative estimate of drug-likeness (QED) is 0.748. The summed E-state index contributed by atoms with van der Waals surface area (Å²) in [5.41, 5.74) is 0.344. The average Bonchev–Trinajstić information content (AvgIpc) is 2.72. The summed E-state index contributed by atoms with van der Waals surface area (Å²) in [6.45, 7) is 4.32. The lowest BCUT2D eigenvalue weighted by molar-refractivity contribution is -0.143. The first-order valence-corrected chi connectivity index (χ1v) is 8.32. The number of hydrogen-bond donors (Lipinski definition) is 0. The zero-order valence-electron chi connectivity index (χ0n) is 13.2. The van der Waals surface area contributed by atoms with Crippen LogP contribution in [0.4, 0.5) is 0 Å². The Morgan fingerprint density at radius 2 is 1.54 bits per heavy atom. The highest BCUT2D eigenvalue weighted by molar-refractivity contribution is 6.43. The number of ether oxygens (including phenoxy) is 1. The van der Waals surface area contributed by atoms with Crippen molar-refractivity contribution in [3.05, 3.63) is 33.3 Å². The highest BCUT2D eigenvalue weighted by atomic mass is 35.5. The fourth-order valence-electron chi connectivity index (χ4n) is 3.04. The van der Waals surface area contributed by atoms with Gasteiger partial charge in [0.05, 0.1) is 33.4 Å². The van der Waals surface area contributed by atoms with Gasteiger partial charge in [0.25, 0.3) is 11.8 Å². The number of nitrogens with zero attached hydrogens (tertiary/aromatic N) is 2. The van der Waals surface area contributed by atoms with Crippen molar-refractivity contribution in [1.29, 1.82) is 0 Å². The Hall–Kier alpha value is -1.63. The lowest BCUT2D eigenvalue weighted by atomic mass is 10.1. The van der Waals surface area contributed by atoms with Gasteiger partial charge in [0.2, 0.25) is 5.91 Å². The minimum atomic E-state index is -0.531. The molecule has 0 aromatic heterocycles. The maximum absolute atomic E-state index is 12.5. The van der Waals surface area contributed by atoms with E-state index < -0.39 is 11.8 Å². The van der Waals surface area contributed by atoms with E-state index in [2.05, 4.69) is 0 Å². The van der Waals surface area contributed by atoms with Crippen LogP contribution in [0.3, 0.4) is 0 Å². The number of amides is 3. The normalized spacial score (nSPS) is 23.7. The van der Waals surface area contributed by atoms with Crippen LogP contribution in [0.15, 0.2) is 12.1 Å². The molecule has 0 radical (unpaired) electrons. The van der Waals surface area contributed by atoms with Crippen molar-refractivity contribution in [3.8, 4) is 0 Å². The highest BCUT2D eigenvalue weighted by Gasteiger charge is 2.38. The van der Waals surface area contributed by atoms with Crippen molar-refractivity contribution in [2.45, 2.75) is 26.1 Å². The van der Waals surface area contributed by atoms with Gasteiger partial charge in [-0.1, -0.05) is 23.2 Å². The maximum Gasteiger partial charge on any atom is 0.262 e. The molecule has 3 rings (SSSR count). The Kier molecular flexibility index (Phi) is 4.55. The predicted octanol–water partition coefficient (Wildman–Crippen LogP) is 2.23. The number of halogens is 2. The van der Waals surface area contributed by atoms with E-state index in [0.717, 1.165) is 4.90 Å². The standard InChI is InChI=1S/C16H16Cl2N2O4/c1-8-5-19(6-9(2)24-8)14(21)7-20-15(22)10-3-12(17)13(18)4-11(10)16(20)23/h3-4,8-9H,5-7H2,1-2H3. The number of carbonyl (C=O) groups excluding carboxylic acids is 3. The molecule has 0 spiro atoms. The SMILES string of the molecule is CC1CN(C(=O)CN2C(=O)c3cc(Cl)c(Cl)cc3C2=O)CC(C)O1. The zero-order chi connectivity index (χ0) is 17.6. The van der Waals surface area contributed by atoms with Crippen LogP contribution in [0.2, 0.25) is 10.0 Å². The zero-order valence-corrected chi connectivity index (χ0v) is 14.7. The van der Waals surface area contributed by atoms with E-state index in [1.54, 1.807) is 4.90 Å². The van der Waals surface area contributed by atoms with Crippen LogP contribution in [0.1, 0.15) is 34.6 Å². The number of rotatable bonds is 2. The van der Waals surface area contributed by atoms with Crippen molar-refractivity contribution < 1.29 is 19.1 Å². The molecule has 2 aliphatic heterocycles. The second-order valence-corrected chi connectivity index (χ2v) is 6.88. The Labute approximate surface area is 149 Å². The fourth-order valence-corrected chi connectivity index (χ4v) is 3.37. The number of imide groups is 1. The van der Waals surface area contributed by atoms with E-state index in [-0.39, 0.29) is 45.8 Å². The van der Waals surface area contributed by atoms with E-state index in [1.807, 2.05) is 13.8 Å². The molecule has 2 unspecified atom stereocenters. The van der Waals surface area contributed by atoms with Gasteiger partial charge >= 0.3 is 0 Å². The fraction of sp³-hybridized carbons (Fsp3) is 0.438. The van der Waals surface area contributed by atoms with Crippen molar-refractivity contribution in [3.63, 3.8) is 0 Å². The van der Waals surface area contributed by atoms with Crippen LogP contribution < -0.4 is 0 Å². The van der Waals surface area contributed by atoms with E-state index >= 15 is 0 Å². The molecule has 128 valence electrons. The van der Waals surface area contributed by atoms with Crippen molar-refractivity contribution in [2.24, 2.45) is 0 Å². The summed E-state index contributed by atoms with van der Waals surface area (Å²) in [6.07, 6.45) is -0.171. The van der Waals surface area contributed by atoms with E-state index in [9.17, 15) is 14.4 Å². The van der Waals surface area contributed by atoms with Gasteiger partial charge in [-0.05, 0) is 26.0 Å².